The second-order valence-corrected chi connectivity index (χ2v) is 7.06. The first-order valence-corrected chi connectivity index (χ1v) is 7.39. The molecule has 3 fully saturated rings. The maximum atomic E-state index is 12.4. The van der Waals surface area contributed by atoms with E-state index in [1.165, 1.54) is 0 Å². The van der Waals surface area contributed by atoms with Crippen LogP contribution in [0.5, 0.6) is 0 Å². The Hall–Kier alpha value is -0.750. The van der Waals surface area contributed by atoms with Gasteiger partial charge in [-0.15, -0.1) is 11.8 Å². The summed E-state index contributed by atoms with van der Waals surface area (Å²) in [7, 11) is 0. The predicted octanol–water partition coefficient (Wildman–Crippen LogP) is -0.109. The molecule has 100 valence electrons. The van der Waals surface area contributed by atoms with Crippen LogP contribution in [0.15, 0.2) is 0 Å². The van der Waals surface area contributed by atoms with Crippen molar-refractivity contribution in [3.05, 3.63) is 0 Å². The van der Waals surface area contributed by atoms with Gasteiger partial charge >= 0.3 is 0 Å². The number of aliphatic hydroxyl groups is 1. The number of fused-ring (bicyclic) bond motifs is 1. The number of hydrogen-bond donors (Lipinski definition) is 1. The minimum Gasteiger partial charge on any atom is -0.396 e. The number of nitrogens with zero attached hydrogens (tertiary/aromatic N) is 2. The van der Waals surface area contributed by atoms with Gasteiger partial charge < -0.3 is 14.9 Å². The highest BCUT2D eigenvalue weighted by molar-refractivity contribution is 8.01. The van der Waals surface area contributed by atoms with Gasteiger partial charge in [-0.25, -0.2) is 0 Å². The number of aliphatic hydroxyl groups excluding tert-OH is 1. The lowest BCUT2D eigenvalue weighted by molar-refractivity contribution is -0.148. The lowest BCUT2D eigenvalue weighted by Crippen LogP contribution is -2.58. The molecule has 0 aromatic heterocycles. The minimum absolute atomic E-state index is 0.0613. The van der Waals surface area contributed by atoms with Crippen LogP contribution < -0.4 is 0 Å². The molecule has 2 atom stereocenters. The molecule has 0 aromatic rings. The van der Waals surface area contributed by atoms with Crippen molar-refractivity contribution in [2.75, 3.05) is 25.4 Å². The normalized spacial score (nSPS) is 35.9. The molecule has 18 heavy (non-hydrogen) atoms. The van der Waals surface area contributed by atoms with E-state index in [2.05, 4.69) is 6.92 Å². The summed E-state index contributed by atoms with van der Waals surface area (Å²) in [4.78, 5) is 27.7. The van der Waals surface area contributed by atoms with E-state index >= 15 is 0 Å². The Balaban J connectivity index is 1.70. The molecule has 3 rings (SSSR count). The molecule has 6 heteroatoms. The smallest absolute Gasteiger partial charge is 0.246 e. The van der Waals surface area contributed by atoms with Gasteiger partial charge in [-0.2, -0.15) is 0 Å². The molecule has 0 bridgehead atoms. The van der Waals surface area contributed by atoms with Gasteiger partial charge in [0.2, 0.25) is 11.8 Å². The van der Waals surface area contributed by atoms with Crippen LogP contribution in [0.3, 0.4) is 0 Å². The number of rotatable bonds is 2. The molecular formula is C12H18N2O3S. The summed E-state index contributed by atoms with van der Waals surface area (Å²) in [5, 5.41) is 8.98. The third-order valence-electron chi connectivity index (χ3n) is 4.26. The highest BCUT2D eigenvalue weighted by Gasteiger charge is 2.54. The van der Waals surface area contributed by atoms with Crippen LogP contribution in [-0.2, 0) is 9.59 Å². The second kappa shape index (κ2) is 4.13. The lowest BCUT2D eigenvalue weighted by Gasteiger charge is -2.41. The minimum atomic E-state index is -0.283. The van der Waals surface area contributed by atoms with Gasteiger partial charge in [0.15, 0.2) is 0 Å². The van der Waals surface area contributed by atoms with E-state index in [0.717, 1.165) is 6.42 Å². The predicted molar refractivity (Wildman–Crippen MR) is 67.9 cm³/mol. The van der Waals surface area contributed by atoms with Crippen LogP contribution in [0.4, 0.5) is 0 Å². The lowest BCUT2D eigenvalue weighted by atomic mass is 10.00. The Kier molecular flexibility index (Phi) is 2.82. The third kappa shape index (κ3) is 1.66. The molecular weight excluding hydrogens is 252 g/mol. The Labute approximate surface area is 110 Å². The maximum Gasteiger partial charge on any atom is 0.246 e. The van der Waals surface area contributed by atoms with Gasteiger partial charge in [-0.1, -0.05) is 0 Å². The van der Waals surface area contributed by atoms with Crippen LogP contribution in [-0.4, -0.2) is 63.1 Å². The van der Waals surface area contributed by atoms with Crippen molar-refractivity contribution >= 4 is 23.6 Å². The van der Waals surface area contributed by atoms with Crippen molar-refractivity contribution in [3.8, 4) is 0 Å². The Morgan fingerprint density at radius 3 is 2.94 bits per heavy atom. The van der Waals surface area contributed by atoms with Crippen molar-refractivity contribution in [2.24, 2.45) is 5.92 Å². The zero-order valence-corrected chi connectivity index (χ0v) is 11.3. The van der Waals surface area contributed by atoms with E-state index in [1.54, 1.807) is 21.6 Å². The summed E-state index contributed by atoms with van der Waals surface area (Å²) in [6, 6.07) is -0.283. The summed E-state index contributed by atoms with van der Waals surface area (Å²) >= 11 is 1.72. The number of carbonyl (C=O) groups excluding carboxylic acids is 2. The van der Waals surface area contributed by atoms with Gasteiger partial charge in [0, 0.05) is 37.8 Å². The quantitative estimate of drug-likeness (QED) is 0.760. The summed E-state index contributed by atoms with van der Waals surface area (Å²) in [5.41, 5.74) is 0. The van der Waals surface area contributed by atoms with E-state index in [-0.39, 0.29) is 35.3 Å². The summed E-state index contributed by atoms with van der Waals surface area (Å²) in [6.07, 6.45) is 1.41. The molecule has 0 saturated carbocycles. The number of likely N-dealkylation sites (tertiary alicyclic amines) is 1. The monoisotopic (exact) mass is 270 g/mol. The average Bonchev–Trinajstić information content (AvgIpc) is 2.75. The number of thioether (sulfide) groups is 1. The number of amides is 2. The number of hydrogen-bond acceptors (Lipinski definition) is 4. The fourth-order valence-corrected chi connectivity index (χ4v) is 4.50. The topological polar surface area (TPSA) is 60.9 Å². The van der Waals surface area contributed by atoms with Gasteiger partial charge in [-0.05, 0) is 13.3 Å². The summed E-state index contributed by atoms with van der Waals surface area (Å²) in [6.45, 7) is 3.47. The van der Waals surface area contributed by atoms with Crippen LogP contribution in [0.2, 0.25) is 0 Å². The van der Waals surface area contributed by atoms with Gasteiger partial charge in [0.1, 0.15) is 6.04 Å². The Morgan fingerprint density at radius 2 is 2.28 bits per heavy atom. The van der Waals surface area contributed by atoms with E-state index in [4.69, 9.17) is 5.11 Å². The number of carbonyl (C=O) groups is 2. The van der Waals surface area contributed by atoms with E-state index < -0.39 is 0 Å². The molecule has 3 saturated heterocycles. The largest absolute Gasteiger partial charge is 0.396 e. The molecule has 0 aliphatic carbocycles. The van der Waals surface area contributed by atoms with Crippen LogP contribution in [0.1, 0.15) is 19.8 Å². The van der Waals surface area contributed by atoms with Crippen LogP contribution in [0.25, 0.3) is 0 Å². The van der Waals surface area contributed by atoms with Crippen molar-refractivity contribution in [2.45, 2.75) is 30.7 Å². The van der Waals surface area contributed by atoms with E-state index in [1.807, 2.05) is 0 Å². The van der Waals surface area contributed by atoms with Crippen molar-refractivity contribution < 1.29 is 14.7 Å². The molecule has 0 spiro atoms. The first-order valence-electron chi connectivity index (χ1n) is 6.41. The molecule has 0 aromatic carbocycles. The first-order chi connectivity index (χ1) is 8.55. The molecule has 3 aliphatic heterocycles. The third-order valence-corrected chi connectivity index (χ3v) is 5.76. The SMILES string of the molecule is CC12CCC(=O)N1C(C(=O)N1CC(CO)C1)CS2. The standard InChI is InChI=1S/C12H18N2O3S/c1-12-3-2-10(16)14(12)9(7-18-12)11(17)13-4-8(5-13)6-15/h8-9,15H,2-7H2,1H3. The summed E-state index contributed by atoms with van der Waals surface area (Å²) < 4.78 is 0. The molecule has 1 N–H and O–H groups in total. The summed E-state index contributed by atoms with van der Waals surface area (Å²) in [5.74, 6) is 1.11. The highest BCUT2D eigenvalue weighted by Crippen LogP contribution is 2.47. The van der Waals surface area contributed by atoms with E-state index in [0.29, 0.717) is 25.3 Å². The Morgan fingerprint density at radius 1 is 1.56 bits per heavy atom. The van der Waals surface area contributed by atoms with Crippen molar-refractivity contribution in [1.29, 1.82) is 0 Å². The van der Waals surface area contributed by atoms with Gasteiger partial charge in [0.05, 0.1) is 4.87 Å². The second-order valence-electron chi connectivity index (χ2n) is 5.56. The molecule has 3 heterocycles. The zero-order chi connectivity index (χ0) is 12.9. The van der Waals surface area contributed by atoms with Crippen molar-refractivity contribution in [3.63, 3.8) is 0 Å². The van der Waals surface area contributed by atoms with Crippen molar-refractivity contribution in [1.82, 2.24) is 9.80 Å². The highest BCUT2D eigenvalue weighted by atomic mass is 32.2. The zero-order valence-electron chi connectivity index (χ0n) is 10.5. The molecule has 2 unspecified atom stereocenters. The van der Waals surface area contributed by atoms with Gasteiger partial charge in [-0.3, -0.25) is 9.59 Å². The fourth-order valence-electron chi connectivity index (χ4n) is 3.08. The molecule has 2 amide bonds. The molecule has 0 radical (unpaired) electrons. The van der Waals surface area contributed by atoms with Crippen LogP contribution >= 0.6 is 11.8 Å². The average molecular weight is 270 g/mol. The van der Waals surface area contributed by atoms with Gasteiger partial charge in [0.25, 0.3) is 0 Å². The Bertz CT molecular complexity index is 397. The maximum absolute atomic E-state index is 12.4. The van der Waals surface area contributed by atoms with Crippen LogP contribution in [0, 0.1) is 5.92 Å². The molecule has 5 nitrogen and oxygen atoms in total. The van der Waals surface area contributed by atoms with E-state index in [9.17, 15) is 9.59 Å². The molecule has 3 aliphatic rings. The first kappa shape index (κ1) is 12.3. The fraction of sp³-hybridized carbons (Fsp3) is 0.833.